The zero-order valence-electron chi connectivity index (χ0n) is 7.99. The largest absolute Gasteiger partial charge is 0.345 e. The van der Waals surface area contributed by atoms with Gasteiger partial charge in [0.2, 0.25) is 0 Å². The van der Waals surface area contributed by atoms with E-state index < -0.39 is 0 Å². The van der Waals surface area contributed by atoms with E-state index in [0.717, 1.165) is 22.8 Å². The van der Waals surface area contributed by atoms with Crippen molar-refractivity contribution in [2.24, 2.45) is 5.73 Å². The number of pyridine rings is 1. The van der Waals surface area contributed by atoms with Gasteiger partial charge in [-0.1, -0.05) is 0 Å². The highest BCUT2D eigenvalue weighted by Gasteiger charge is 2.07. The molecule has 0 radical (unpaired) electrons. The summed E-state index contributed by atoms with van der Waals surface area (Å²) in [5.74, 6) is 0.886. The first-order chi connectivity index (χ1) is 6.81. The lowest BCUT2D eigenvalue weighted by Gasteiger charge is -1.98. The number of aromatic nitrogens is 3. The minimum Gasteiger partial charge on any atom is -0.345 e. The molecule has 4 heteroatoms. The summed E-state index contributed by atoms with van der Waals surface area (Å²) < 4.78 is 0. The second-order valence-electron chi connectivity index (χ2n) is 3.09. The van der Waals surface area contributed by atoms with Crippen LogP contribution in [0.1, 0.15) is 11.5 Å². The molecule has 2 heterocycles. The molecule has 0 unspecified atom stereocenters. The molecule has 0 saturated heterocycles. The summed E-state index contributed by atoms with van der Waals surface area (Å²) in [6, 6.07) is 3.85. The molecular weight excluding hydrogens is 176 g/mol. The Morgan fingerprint density at radius 2 is 2.07 bits per heavy atom. The summed E-state index contributed by atoms with van der Waals surface area (Å²) in [4.78, 5) is 11.5. The number of rotatable bonds is 2. The average molecular weight is 188 g/mol. The van der Waals surface area contributed by atoms with Crippen molar-refractivity contribution < 1.29 is 0 Å². The standard InChI is InChI=1S/C10H12N4/c1-7-13-9(6-11)10(14-7)8-2-4-12-5-3-8/h2-5H,6,11H2,1H3,(H,13,14). The van der Waals surface area contributed by atoms with Crippen molar-refractivity contribution in [1.29, 1.82) is 0 Å². The van der Waals surface area contributed by atoms with E-state index in [4.69, 9.17) is 5.73 Å². The van der Waals surface area contributed by atoms with Gasteiger partial charge in [-0.05, 0) is 19.1 Å². The molecule has 72 valence electrons. The number of hydrogen-bond donors (Lipinski definition) is 2. The summed E-state index contributed by atoms with van der Waals surface area (Å²) in [6.07, 6.45) is 3.50. The fourth-order valence-corrected chi connectivity index (χ4v) is 1.44. The van der Waals surface area contributed by atoms with E-state index in [1.165, 1.54) is 0 Å². The molecule has 0 aliphatic heterocycles. The topological polar surface area (TPSA) is 67.6 Å². The van der Waals surface area contributed by atoms with Gasteiger partial charge in [0.15, 0.2) is 0 Å². The number of nitrogens with two attached hydrogens (primary N) is 1. The zero-order chi connectivity index (χ0) is 9.97. The van der Waals surface area contributed by atoms with Crippen molar-refractivity contribution in [3.8, 4) is 11.3 Å². The third-order valence-electron chi connectivity index (χ3n) is 2.06. The molecule has 0 bridgehead atoms. The minimum absolute atomic E-state index is 0.471. The molecule has 0 saturated carbocycles. The van der Waals surface area contributed by atoms with Crippen molar-refractivity contribution in [3.05, 3.63) is 36.0 Å². The molecule has 0 atom stereocenters. The zero-order valence-corrected chi connectivity index (χ0v) is 7.99. The maximum atomic E-state index is 5.61. The predicted octanol–water partition coefficient (Wildman–Crippen LogP) is 1.24. The summed E-state index contributed by atoms with van der Waals surface area (Å²) in [6.45, 7) is 2.39. The van der Waals surface area contributed by atoms with E-state index in [-0.39, 0.29) is 0 Å². The maximum absolute atomic E-state index is 5.61. The third kappa shape index (κ3) is 1.52. The Bertz CT molecular complexity index is 419. The van der Waals surface area contributed by atoms with Crippen LogP contribution in [0.2, 0.25) is 0 Å². The molecule has 0 aliphatic carbocycles. The maximum Gasteiger partial charge on any atom is 0.103 e. The van der Waals surface area contributed by atoms with Gasteiger partial charge in [-0.25, -0.2) is 4.98 Å². The molecule has 4 nitrogen and oxygen atoms in total. The molecular formula is C10H12N4. The fourth-order valence-electron chi connectivity index (χ4n) is 1.44. The van der Waals surface area contributed by atoms with E-state index >= 15 is 0 Å². The molecule has 14 heavy (non-hydrogen) atoms. The van der Waals surface area contributed by atoms with E-state index in [9.17, 15) is 0 Å². The van der Waals surface area contributed by atoms with Gasteiger partial charge in [-0.2, -0.15) is 0 Å². The Morgan fingerprint density at radius 3 is 2.71 bits per heavy atom. The molecule has 3 N–H and O–H groups in total. The van der Waals surface area contributed by atoms with E-state index in [1.807, 2.05) is 19.1 Å². The predicted molar refractivity (Wildman–Crippen MR) is 54.4 cm³/mol. The van der Waals surface area contributed by atoms with Crippen LogP contribution in [0, 0.1) is 6.92 Å². The number of aromatic amines is 1. The number of H-pyrrole nitrogens is 1. The van der Waals surface area contributed by atoms with Crippen molar-refractivity contribution >= 4 is 0 Å². The van der Waals surface area contributed by atoms with Crippen LogP contribution >= 0.6 is 0 Å². The van der Waals surface area contributed by atoms with E-state index in [0.29, 0.717) is 6.54 Å². The van der Waals surface area contributed by atoms with Crippen LogP contribution in [0.4, 0.5) is 0 Å². The van der Waals surface area contributed by atoms with Gasteiger partial charge in [0.25, 0.3) is 0 Å². The van der Waals surface area contributed by atoms with E-state index in [2.05, 4.69) is 15.0 Å². The Hall–Kier alpha value is -1.68. The number of imidazole rings is 1. The van der Waals surface area contributed by atoms with Crippen molar-refractivity contribution in [3.63, 3.8) is 0 Å². The van der Waals surface area contributed by atoms with Gasteiger partial charge in [0, 0.05) is 24.5 Å². The Labute approximate surface area is 82.2 Å². The second kappa shape index (κ2) is 3.59. The number of nitrogens with one attached hydrogen (secondary N) is 1. The molecule has 2 aromatic rings. The molecule has 0 spiro atoms. The summed E-state index contributed by atoms with van der Waals surface area (Å²) in [5, 5.41) is 0. The molecule has 0 amide bonds. The highest BCUT2D eigenvalue weighted by atomic mass is 14.9. The van der Waals surface area contributed by atoms with Crippen molar-refractivity contribution in [1.82, 2.24) is 15.0 Å². The van der Waals surface area contributed by atoms with Gasteiger partial charge in [-0.15, -0.1) is 0 Å². The van der Waals surface area contributed by atoms with Crippen molar-refractivity contribution in [2.45, 2.75) is 13.5 Å². The van der Waals surface area contributed by atoms with Gasteiger partial charge >= 0.3 is 0 Å². The lowest BCUT2D eigenvalue weighted by molar-refractivity contribution is 0.998. The smallest absolute Gasteiger partial charge is 0.103 e. The van der Waals surface area contributed by atoms with Crippen LogP contribution in [0.25, 0.3) is 11.3 Å². The fraction of sp³-hybridized carbons (Fsp3) is 0.200. The third-order valence-corrected chi connectivity index (χ3v) is 2.06. The van der Waals surface area contributed by atoms with Crippen LogP contribution in [0.5, 0.6) is 0 Å². The molecule has 2 rings (SSSR count). The van der Waals surface area contributed by atoms with Gasteiger partial charge in [-0.3, -0.25) is 4.98 Å². The van der Waals surface area contributed by atoms with Crippen LogP contribution in [-0.2, 0) is 6.54 Å². The van der Waals surface area contributed by atoms with Gasteiger partial charge in [0.05, 0.1) is 11.4 Å². The lowest BCUT2D eigenvalue weighted by atomic mass is 10.1. The Morgan fingerprint density at radius 1 is 1.36 bits per heavy atom. The Balaban J connectivity index is 2.51. The summed E-state index contributed by atoms with van der Waals surface area (Å²) >= 11 is 0. The highest BCUT2D eigenvalue weighted by Crippen LogP contribution is 2.19. The van der Waals surface area contributed by atoms with Crippen LogP contribution < -0.4 is 5.73 Å². The number of nitrogens with zero attached hydrogens (tertiary/aromatic N) is 2. The minimum atomic E-state index is 0.471. The molecule has 2 aromatic heterocycles. The lowest BCUT2D eigenvalue weighted by Crippen LogP contribution is -1.98. The second-order valence-corrected chi connectivity index (χ2v) is 3.09. The number of aryl methyl sites for hydroxylation is 1. The van der Waals surface area contributed by atoms with Crippen LogP contribution in [0.3, 0.4) is 0 Å². The quantitative estimate of drug-likeness (QED) is 0.745. The number of hydrogen-bond acceptors (Lipinski definition) is 3. The van der Waals surface area contributed by atoms with E-state index in [1.54, 1.807) is 12.4 Å². The molecule has 0 aromatic carbocycles. The first-order valence-corrected chi connectivity index (χ1v) is 4.47. The highest BCUT2D eigenvalue weighted by molar-refractivity contribution is 5.61. The first kappa shape index (κ1) is 8.90. The average Bonchev–Trinajstić information content (AvgIpc) is 2.61. The molecule has 0 aliphatic rings. The molecule has 0 fully saturated rings. The van der Waals surface area contributed by atoms with Gasteiger partial charge < -0.3 is 10.7 Å². The Kier molecular flexibility index (Phi) is 2.28. The van der Waals surface area contributed by atoms with Crippen LogP contribution in [-0.4, -0.2) is 15.0 Å². The normalized spacial score (nSPS) is 10.4. The summed E-state index contributed by atoms with van der Waals surface area (Å²) in [5.41, 5.74) is 8.55. The monoisotopic (exact) mass is 188 g/mol. The SMILES string of the molecule is Cc1nc(-c2ccncc2)c(CN)[nH]1. The van der Waals surface area contributed by atoms with Crippen LogP contribution in [0.15, 0.2) is 24.5 Å². The summed E-state index contributed by atoms with van der Waals surface area (Å²) in [7, 11) is 0. The van der Waals surface area contributed by atoms with Crippen molar-refractivity contribution in [2.75, 3.05) is 0 Å². The first-order valence-electron chi connectivity index (χ1n) is 4.47. The van der Waals surface area contributed by atoms with Gasteiger partial charge in [0.1, 0.15) is 5.82 Å².